The van der Waals surface area contributed by atoms with Crippen molar-refractivity contribution < 1.29 is 14.6 Å². The Balaban J connectivity index is 1.50. The minimum Gasteiger partial charge on any atom is -0.490 e. The standard InChI is InChI=1S/C15H21NO3S/c17-12(9-16-11-2-3-11)10-20-13-4-5-14-15(8-13)19-7-1-6-18-14/h4-5,8,11-12,16-17H,1-3,6-7,9-10H2. The van der Waals surface area contributed by atoms with Gasteiger partial charge < -0.3 is 19.9 Å². The van der Waals surface area contributed by atoms with E-state index in [2.05, 4.69) is 5.32 Å². The predicted octanol–water partition coefficient (Wildman–Crippen LogP) is 2.05. The smallest absolute Gasteiger partial charge is 0.162 e. The van der Waals surface area contributed by atoms with Crippen molar-refractivity contribution in [3.8, 4) is 11.5 Å². The fourth-order valence-corrected chi connectivity index (χ4v) is 2.93. The number of rotatable bonds is 6. The maximum atomic E-state index is 9.93. The van der Waals surface area contributed by atoms with Crippen molar-refractivity contribution in [3.05, 3.63) is 18.2 Å². The monoisotopic (exact) mass is 295 g/mol. The summed E-state index contributed by atoms with van der Waals surface area (Å²) in [6.07, 6.45) is 3.11. The molecule has 1 aromatic rings. The van der Waals surface area contributed by atoms with Crippen molar-refractivity contribution in [3.63, 3.8) is 0 Å². The van der Waals surface area contributed by atoms with Gasteiger partial charge in [-0.05, 0) is 31.0 Å². The van der Waals surface area contributed by atoms with Gasteiger partial charge >= 0.3 is 0 Å². The Labute approximate surface area is 123 Å². The number of hydrogen-bond acceptors (Lipinski definition) is 5. The van der Waals surface area contributed by atoms with Crippen molar-refractivity contribution in [2.45, 2.75) is 36.3 Å². The lowest BCUT2D eigenvalue weighted by Crippen LogP contribution is -2.29. The van der Waals surface area contributed by atoms with Crippen molar-refractivity contribution >= 4 is 11.8 Å². The van der Waals surface area contributed by atoms with Crippen LogP contribution >= 0.6 is 11.8 Å². The van der Waals surface area contributed by atoms with Crippen molar-refractivity contribution in [1.29, 1.82) is 0 Å². The summed E-state index contributed by atoms with van der Waals surface area (Å²) in [7, 11) is 0. The minimum atomic E-state index is -0.309. The van der Waals surface area contributed by atoms with Gasteiger partial charge in [0, 0.05) is 29.7 Å². The van der Waals surface area contributed by atoms with E-state index < -0.39 is 0 Å². The first-order valence-electron chi connectivity index (χ1n) is 7.25. The molecule has 1 aromatic carbocycles. The second-order valence-electron chi connectivity index (χ2n) is 5.31. The van der Waals surface area contributed by atoms with Crippen LogP contribution in [-0.4, -0.2) is 42.8 Å². The van der Waals surface area contributed by atoms with Gasteiger partial charge in [-0.25, -0.2) is 0 Å². The Kier molecular flexibility index (Phi) is 4.70. The normalized spacial score (nSPS) is 19.4. The first-order chi connectivity index (χ1) is 9.81. The molecule has 0 aromatic heterocycles. The molecule has 3 rings (SSSR count). The molecule has 2 N–H and O–H groups in total. The fourth-order valence-electron chi connectivity index (χ4n) is 2.07. The Morgan fingerprint density at radius 2 is 2.05 bits per heavy atom. The van der Waals surface area contributed by atoms with E-state index in [9.17, 15) is 5.11 Å². The third-order valence-corrected chi connectivity index (χ3v) is 4.52. The number of benzene rings is 1. The molecule has 0 saturated heterocycles. The van der Waals surface area contributed by atoms with Crippen LogP contribution in [0.5, 0.6) is 11.5 Å². The third-order valence-electron chi connectivity index (χ3n) is 3.38. The van der Waals surface area contributed by atoms with Crippen molar-refractivity contribution in [2.75, 3.05) is 25.5 Å². The highest BCUT2D eigenvalue weighted by atomic mass is 32.2. The zero-order valence-electron chi connectivity index (χ0n) is 11.5. The molecule has 1 saturated carbocycles. The maximum absolute atomic E-state index is 9.93. The quantitative estimate of drug-likeness (QED) is 0.787. The molecule has 0 spiro atoms. The van der Waals surface area contributed by atoms with Gasteiger partial charge in [-0.15, -0.1) is 11.8 Å². The highest BCUT2D eigenvalue weighted by Gasteiger charge is 2.21. The van der Waals surface area contributed by atoms with E-state index in [-0.39, 0.29) is 6.10 Å². The first-order valence-corrected chi connectivity index (χ1v) is 8.24. The average Bonchev–Trinajstić information content (AvgIpc) is 3.29. The molecule has 1 fully saturated rings. The van der Waals surface area contributed by atoms with Gasteiger partial charge in [0.05, 0.1) is 19.3 Å². The van der Waals surface area contributed by atoms with Gasteiger partial charge in [0.15, 0.2) is 11.5 Å². The highest BCUT2D eigenvalue weighted by Crippen LogP contribution is 2.34. The first kappa shape index (κ1) is 14.0. The van der Waals surface area contributed by atoms with Crippen LogP contribution in [0.1, 0.15) is 19.3 Å². The topological polar surface area (TPSA) is 50.7 Å². The fraction of sp³-hybridized carbons (Fsp3) is 0.600. The minimum absolute atomic E-state index is 0.309. The molecule has 2 aliphatic rings. The number of nitrogens with one attached hydrogen (secondary N) is 1. The lowest BCUT2D eigenvalue weighted by atomic mass is 10.3. The van der Waals surface area contributed by atoms with Crippen LogP contribution in [0.2, 0.25) is 0 Å². The van der Waals surface area contributed by atoms with E-state index in [4.69, 9.17) is 9.47 Å². The predicted molar refractivity (Wildman–Crippen MR) is 79.8 cm³/mol. The van der Waals surface area contributed by atoms with Crippen LogP contribution in [0.15, 0.2) is 23.1 Å². The Morgan fingerprint density at radius 1 is 1.25 bits per heavy atom. The number of fused-ring (bicyclic) bond motifs is 1. The number of aliphatic hydroxyl groups is 1. The molecular formula is C15H21NO3S. The third kappa shape index (κ3) is 4.04. The number of hydrogen-bond donors (Lipinski definition) is 2. The van der Waals surface area contributed by atoms with Gasteiger partial charge in [0.25, 0.3) is 0 Å². The van der Waals surface area contributed by atoms with E-state index in [0.29, 0.717) is 31.6 Å². The summed E-state index contributed by atoms with van der Waals surface area (Å²) in [5.41, 5.74) is 0. The summed E-state index contributed by atoms with van der Waals surface area (Å²) in [5, 5.41) is 13.3. The van der Waals surface area contributed by atoms with Crippen LogP contribution in [0.25, 0.3) is 0 Å². The van der Waals surface area contributed by atoms with E-state index in [1.165, 1.54) is 12.8 Å². The summed E-state index contributed by atoms with van der Waals surface area (Å²) in [6, 6.07) is 6.64. The summed E-state index contributed by atoms with van der Waals surface area (Å²) in [5.74, 6) is 2.33. The van der Waals surface area contributed by atoms with Crippen LogP contribution in [0.3, 0.4) is 0 Å². The van der Waals surface area contributed by atoms with Gasteiger partial charge in [-0.2, -0.15) is 0 Å². The van der Waals surface area contributed by atoms with Crippen LogP contribution in [-0.2, 0) is 0 Å². The van der Waals surface area contributed by atoms with Gasteiger partial charge in [0.2, 0.25) is 0 Å². The largest absolute Gasteiger partial charge is 0.490 e. The van der Waals surface area contributed by atoms with Crippen LogP contribution in [0.4, 0.5) is 0 Å². The summed E-state index contributed by atoms with van der Waals surface area (Å²) >= 11 is 1.65. The molecule has 4 nitrogen and oxygen atoms in total. The molecule has 1 aliphatic heterocycles. The lowest BCUT2D eigenvalue weighted by Gasteiger charge is -2.12. The van der Waals surface area contributed by atoms with Crippen LogP contribution in [0, 0.1) is 0 Å². The Bertz CT molecular complexity index is 451. The van der Waals surface area contributed by atoms with Crippen molar-refractivity contribution in [1.82, 2.24) is 5.32 Å². The molecule has 1 aliphatic carbocycles. The zero-order chi connectivity index (χ0) is 13.8. The molecule has 0 bridgehead atoms. The molecule has 110 valence electrons. The number of thioether (sulfide) groups is 1. The molecule has 5 heteroatoms. The SMILES string of the molecule is OC(CNC1CC1)CSc1ccc2c(c1)OCCCO2. The van der Waals surface area contributed by atoms with Crippen LogP contribution < -0.4 is 14.8 Å². The maximum Gasteiger partial charge on any atom is 0.162 e. The Hall–Kier alpha value is -0.910. The van der Waals surface area contributed by atoms with Gasteiger partial charge in [0.1, 0.15) is 0 Å². The second kappa shape index (κ2) is 6.70. The van der Waals surface area contributed by atoms with Crippen molar-refractivity contribution in [2.24, 2.45) is 0 Å². The summed E-state index contributed by atoms with van der Waals surface area (Å²) in [4.78, 5) is 1.11. The number of aliphatic hydroxyl groups excluding tert-OH is 1. The number of ether oxygens (including phenoxy) is 2. The molecule has 1 heterocycles. The second-order valence-corrected chi connectivity index (χ2v) is 6.40. The lowest BCUT2D eigenvalue weighted by molar-refractivity contribution is 0.195. The summed E-state index contributed by atoms with van der Waals surface area (Å²) < 4.78 is 11.3. The molecule has 1 unspecified atom stereocenters. The molecule has 1 atom stereocenters. The molecular weight excluding hydrogens is 274 g/mol. The molecule has 0 amide bonds. The average molecular weight is 295 g/mol. The zero-order valence-corrected chi connectivity index (χ0v) is 12.3. The molecule has 0 radical (unpaired) electrons. The summed E-state index contributed by atoms with van der Waals surface area (Å²) in [6.45, 7) is 2.10. The van der Waals surface area contributed by atoms with E-state index in [1.807, 2.05) is 18.2 Å². The van der Waals surface area contributed by atoms with E-state index in [0.717, 1.165) is 22.8 Å². The van der Waals surface area contributed by atoms with E-state index >= 15 is 0 Å². The molecule has 20 heavy (non-hydrogen) atoms. The highest BCUT2D eigenvalue weighted by molar-refractivity contribution is 7.99. The van der Waals surface area contributed by atoms with Gasteiger partial charge in [-0.3, -0.25) is 0 Å². The van der Waals surface area contributed by atoms with Gasteiger partial charge in [-0.1, -0.05) is 0 Å². The van der Waals surface area contributed by atoms with E-state index in [1.54, 1.807) is 11.8 Å². The Morgan fingerprint density at radius 3 is 2.85 bits per heavy atom.